The zero-order valence-corrected chi connectivity index (χ0v) is 10.7. The molecule has 94 valence electrons. The Morgan fingerprint density at radius 1 is 1.28 bits per heavy atom. The number of aromatic hydroxyl groups is 1. The van der Waals surface area contributed by atoms with Crippen LogP contribution in [0.4, 0.5) is 0 Å². The monoisotopic (exact) mass is 262 g/mol. The van der Waals surface area contributed by atoms with Crippen molar-refractivity contribution in [1.29, 1.82) is 0 Å². The minimum absolute atomic E-state index is 0.170. The van der Waals surface area contributed by atoms with E-state index < -0.39 is 0 Å². The molecular formula is C13H14N2O2S. The van der Waals surface area contributed by atoms with Crippen molar-refractivity contribution < 1.29 is 9.63 Å². The van der Waals surface area contributed by atoms with Gasteiger partial charge in [0.05, 0.1) is 10.8 Å². The van der Waals surface area contributed by atoms with E-state index in [-0.39, 0.29) is 5.75 Å². The highest BCUT2D eigenvalue weighted by Gasteiger charge is 2.22. The standard InChI is InChI=1S/C13H14N2O2S/c16-10-6-2-1-5-9(10)13-14-12(15-17-13)11-7-3-4-8-18-11/h1-2,5-6,11,16H,3-4,7-8H2. The van der Waals surface area contributed by atoms with Crippen LogP contribution in [0.1, 0.15) is 30.3 Å². The van der Waals surface area contributed by atoms with E-state index in [1.54, 1.807) is 18.2 Å². The van der Waals surface area contributed by atoms with Gasteiger partial charge in [-0.1, -0.05) is 23.7 Å². The van der Waals surface area contributed by atoms with Crippen molar-refractivity contribution in [1.82, 2.24) is 10.1 Å². The first-order valence-electron chi connectivity index (χ1n) is 6.08. The molecule has 1 N–H and O–H groups in total. The molecule has 4 nitrogen and oxygen atoms in total. The first-order valence-corrected chi connectivity index (χ1v) is 7.13. The summed E-state index contributed by atoms with van der Waals surface area (Å²) in [6.45, 7) is 0. The summed E-state index contributed by atoms with van der Waals surface area (Å²) in [4.78, 5) is 4.41. The molecule has 1 unspecified atom stereocenters. The van der Waals surface area contributed by atoms with Crippen LogP contribution in [0.2, 0.25) is 0 Å². The van der Waals surface area contributed by atoms with Gasteiger partial charge in [-0.05, 0) is 30.7 Å². The lowest BCUT2D eigenvalue weighted by Crippen LogP contribution is -2.03. The molecule has 0 aliphatic carbocycles. The highest BCUT2D eigenvalue weighted by Crippen LogP contribution is 2.38. The smallest absolute Gasteiger partial charge is 0.261 e. The van der Waals surface area contributed by atoms with E-state index in [4.69, 9.17) is 4.52 Å². The van der Waals surface area contributed by atoms with Gasteiger partial charge in [-0.25, -0.2) is 0 Å². The zero-order chi connectivity index (χ0) is 12.4. The average Bonchev–Trinajstić information content (AvgIpc) is 2.90. The van der Waals surface area contributed by atoms with Crippen LogP contribution in [0.5, 0.6) is 5.75 Å². The Balaban J connectivity index is 1.87. The molecule has 1 aromatic heterocycles. The Morgan fingerprint density at radius 2 is 2.17 bits per heavy atom. The molecule has 3 rings (SSSR count). The molecule has 0 bridgehead atoms. The largest absolute Gasteiger partial charge is 0.507 e. The van der Waals surface area contributed by atoms with Crippen LogP contribution >= 0.6 is 11.8 Å². The average molecular weight is 262 g/mol. The normalized spacial score (nSPS) is 19.9. The summed E-state index contributed by atoms with van der Waals surface area (Å²) in [6.07, 6.45) is 3.59. The van der Waals surface area contributed by atoms with Crippen LogP contribution in [0.3, 0.4) is 0 Å². The predicted molar refractivity (Wildman–Crippen MR) is 70.4 cm³/mol. The molecule has 0 radical (unpaired) electrons. The van der Waals surface area contributed by atoms with Gasteiger partial charge in [0.15, 0.2) is 5.82 Å². The third-order valence-electron chi connectivity index (χ3n) is 3.04. The molecule has 1 aromatic carbocycles. The minimum Gasteiger partial charge on any atom is -0.507 e. The first kappa shape index (κ1) is 11.6. The van der Waals surface area contributed by atoms with E-state index in [1.807, 2.05) is 17.8 Å². The maximum Gasteiger partial charge on any atom is 0.261 e. The van der Waals surface area contributed by atoms with Gasteiger partial charge in [-0.3, -0.25) is 0 Å². The summed E-state index contributed by atoms with van der Waals surface area (Å²) in [5.41, 5.74) is 0.594. The third kappa shape index (κ3) is 2.22. The van der Waals surface area contributed by atoms with Crippen LogP contribution in [0.25, 0.3) is 11.5 Å². The zero-order valence-electron chi connectivity index (χ0n) is 9.87. The van der Waals surface area contributed by atoms with E-state index in [2.05, 4.69) is 10.1 Å². The van der Waals surface area contributed by atoms with Crippen molar-refractivity contribution in [3.63, 3.8) is 0 Å². The number of phenolic OH excluding ortho intramolecular Hbond substituents is 1. The molecule has 1 aliphatic rings. The Morgan fingerprint density at radius 3 is 2.94 bits per heavy atom. The van der Waals surface area contributed by atoms with Crippen LogP contribution in [0, 0.1) is 0 Å². The predicted octanol–water partition coefficient (Wildman–Crippen LogP) is 3.40. The third-order valence-corrected chi connectivity index (χ3v) is 4.42. The van der Waals surface area contributed by atoms with Crippen molar-refractivity contribution in [2.24, 2.45) is 0 Å². The molecule has 18 heavy (non-hydrogen) atoms. The molecule has 2 aromatic rings. The Bertz CT molecular complexity index is 535. The van der Waals surface area contributed by atoms with Gasteiger partial charge in [0.1, 0.15) is 5.75 Å². The summed E-state index contributed by atoms with van der Waals surface area (Å²) in [5, 5.41) is 14.1. The fourth-order valence-corrected chi connectivity index (χ4v) is 3.31. The Labute approximate surface area is 109 Å². The van der Waals surface area contributed by atoms with E-state index in [0.717, 1.165) is 18.0 Å². The van der Waals surface area contributed by atoms with Crippen LogP contribution in [-0.2, 0) is 0 Å². The van der Waals surface area contributed by atoms with Gasteiger partial charge >= 0.3 is 0 Å². The number of para-hydroxylation sites is 1. The lowest BCUT2D eigenvalue weighted by molar-refractivity contribution is 0.415. The molecule has 1 saturated heterocycles. The van der Waals surface area contributed by atoms with Crippen molar-refractivity contribution >= 4 is 11.8 Å². The maximum atomic E-state index is 9.75. The summed E-state index contributed by atoms with van der Waals surface area (Å²) in [5.74, 6) is 2.47. The van der Waals surface area contributed by atoms with Gasteiger partial charge in [-0.15, -0.1) is 0 Å². The van der Waals surface area contributed by atoms with Crippen LogP contribution in [-0.4, -0.2) is 21.0 Å². The van der Waals surface area contributed by atoms with Gasteiger partial charge in [0.2, 0.25) is 0 Å². The topological polar surface area (TPSA) is 59.2 Å². The van der Waals surface area contributed by atoms with Crippen molar-refractivity contribution in [3.8, 4) is 17.2 Å². The van der Waals surface area contributed by atoms with E-state index in [9.17, 15) is 5.11 Å². The molecule has 0 saturated carbocycles. The molecule has 0 spiro atoms. The van der Waals surface area contributed by atoms with Crippen LogP contribution in [0.15, 0.2) is 28.8 Å². The second-order valence-corrected chi connectivity index (χ2v) is 5.64. The van der Waals surface area contributed by atoms with Gasteiger partial charge in [0.25, 0.3) is 5.89 Å². The number of benzene rings is 1. The summed E-state index contributed by atoms with van der Waals surface area (Å²) in [7, 11) is 0. The molecular weight excluding hydrogens is 248 g/mol. The molecule has 1 aliphatic heterocycles. The fourth-order valence-electron chi connectivity index (χ4n) is 2.07. The van der Waals surface area contributed by atoms with Gasteiger partial charge < -0.3 is 9.63 Å². The number of thioether (sulfide) groups is 1. The molecule has 5 heteroatoms. The van der Waals surface area contributed by atoms with Crippen molar-refractivity contribution in [2.45, 2.75) is 24.5 Å². The fraction of sp³-hybridized carbons (Fsp3) is 0.385. The molecule has 1 atom stereocenters. The Hall–Kier alpha value is -1.49. The van der Waals surface area contributed by atoms with Crippen LogP contribution < -0.4 is 0 Å². The number of hydrogen-bond acceptors (Lipinski definition) is 5. The molecule has 0 amide bonds. The van der Waals surface area contributed by atoms with Crippen molar-refractivity contribution in [3.05, 3.63) is 30.1 Å². The number of hydrogen-bond donors (Lipinski definition) is 1. The number of phenols is 1. The lowest BCUT2D eigenvalue weighted by Gasteiger charge is -2.17. The highest BCUT2D eigenvalue weighted by molar-refractivity contribution is 7.99. The summed E-state index contributed by atoms with van der Waals surface area (Å²) in [6, 6.07) is 7.01. The maximum absolute atomic E-state index is 9.75. The SMILES string of the molecule is Oc1ccccc1-c1nc(C2CCCCS2)no1. The first-order chi connectivity index (χ1) is 8.84. The lowest BCUT2D eigenvalue weighted by atomic mass is 10.2. The summed E-state index contributed by atoms with van der Waals surface area (Å²) >= 11 is 1.88. The van der Waals surface area contributed by atoms with E-state index in [1.165, 1.54) is 12.8 Å². The second-order valence-electron chi connectivity index (χ2n) is 4.33. The van der Waals surface area contributed by atoms with E-state index >= 15 is 0 Å². The highest BCUT2D eigenvalue weighted by atomic mass is 32.2. The molecule has 2 heterocycles. The number of rotatable bonds is 2. The van der Waals surface area contributed by atoms with Gasteiger partial charge in [-0.2, -0.15) is 16.7 Å². The second kappa shape index (κ2) is 5.02. The Kier molecular flexibility index (Phi) is 3.23. The number of aromatic nitrogens is 2. The number of nitrogens with zero attached hydrogens (tertiary/aromatic N) is 2. The minimum atomic E-state index is 0.170. The molecule has 1 fully saturated rings. The van der Waals surface area contributed by atoms with Gasteiger partial charge in [0, 0.05) is 0 Å². The quantitative estimate of drug-likeness (QED) is 0.898. The summed E-state index contributed by atoms with van der Waals surface area (Å²) < 4.78 is 5.25. The van der Waals surface area contributed by atoms with E-state index in [0.29, 0.717) is 16.7 Å². The van der Waals surface area contributed by atoms with Crippen molar-refractivity contribution in [2.75, 3.05) is 5.75 Å².